The molecule has 0 heterocycles. The lowest BCUT2D eigenvalue weighted by molar-refractivity contribution is -0.131. The van der Waals surface area contributed by atoms with Crippen molar-refractivity contribution in [1.29, 1.82) is 0 Å². The van der Waals surface area contributed by atoms with Gasteiger partial charge in [-0.3, -0.25) is 0 Å². The molecule has 0 fully saturated rings. The SMILES string of the molecule is O=C(O)C=Cc1ccc(Cl)c(CCl)c1. The minimum absolute atomic E-state index is 0.313. The summed E-state index contributed by atoms with van der Waals surface area (Å²) >= 11 is 11.5. The summed E-state index contributed by atoms with van der Waals surface area (Å²) in [5, 5.41) is 9.01. The van der Waals surface area contributed by atoms with Gasteiger partial charge in [-0.05, 0) is 29.3 Å². The van der Waals surface area contributed by atoms with Gasteiger partial charge in [0.25, 0.3) is 0 Å². The fourth-order valence-corrected chi connectivity index (χ4v) is 1.44. The van der Waals surface area contributed by atoms with E-state index in [9.17, 15) is 4.79 Å². The van der Waals surface area contributed by atoms with Crippen molar-refractivity contribution in [3.05, 3.63) is 40.4 Å². The number of carboxylic acids is 1. The van der Waals surface area contributed by atoms with Gasteiger partial charge in [0, 0.05) is 17.0 Å². The zero-order valence-electron chi connectivity index (χ0n) is 7.21. The number of carbonyl (C=O) groups is 1. The normalized spacial score (nSPS) is 10.7. The molecule has 0 aliphatic rings. The molecule has 1 rings (SSSR count). The number of carboxylic acid groups (broad SMARTS) is 1. The molecular weight excluding hydrogens is 223 g/mol. The predicted molar refractivity (Wildman–Crippen MR) is 57.7 cm³/mol. The molecule has 0 amide bonds. The first-order valence-corrected chi connectivity index (χ1v) is 4.80. The fraction of sp³-hybridized carbons (Fsp3) is 0.100. The predicted octanol–water partition coefficient (Wildman–Crippen LogP) is 3.18. The van der Waals surface area contributed by atoms with Crippen molar-refractivity contribution in [1.82, 2.24) is 0 Å². The van der Waals surface area contributed by atoms with E-state index in [1.807, 2.05) is 0 Å². The first kappa shape index (κ1) is 11.1. The lowest BCUT2D eigenvalue weighted by Crippen LogP contribution is -1.86. The summed E-state index contributed by atoms with van der Waals surface area (Å²) in [6, 6.07) is 5.19. The van der Waals surface area contributed by atoms with Crippen LogP contribution >= 0.6 is 23.2 Å². The van der Waals surface area contributed by atoms with E-state index in [4.69, 9.17) is 28.3 Å². The number of halogens is 2. The van der Waals surface area contributed by atoms with Crippen molar-refractivity contribution in [2.45, 2.75) is 5.88 Å². The van der Waals surface area contributed by atoms with Gasteiger partial charge in [-0.2, -0.15) is 0 Å². The van der Waals surface area contributed by atoms with Crippen LogP contribution in [0.5, 0.6) is 0 Å². The van der Waals surface area contributed by atoms with Crippen molar-refractivity contribution in [2.75, 3.05) is 0 Å². The van der Waals surface area contributed by atoms with Crippen LogP contribution in [0.25, 0.3) is 6.08 Å². The van der Waals surface area contributed by atoms with Crippen LogP contribution in [-0.2, 0) is 10.7 Å². The molecule has 1 aromatic rings. The van der Waals surface area contributed by atoms with Crippen molar-refractivity contribution in [3.63, 3.8) is 0 Å². The van der Waals surface area contributed by atoms with Crippen LogP contribution in [0.4, 0.5) is 0 Å². The smallest absolute Gasteiger partial charge is 0.328 e. The van der Waals surface area contributed by atoms with Gasteiger partial charge >= 0.3 is 5.97 Å². The van der Waals surface area contributed by atoms with Crippen LogP contribution in [0.3, 0.4) is 0 Å². The third-order valence-electron chi connectivity index (χ3n) is 1.63. The van der Waals surface area contributed by atoms with E-state index in [2.05, 4.69) is 0 Å². The van der Waals surface area contributed by atoms with E-state index in [-0.39, 0.29) is 0 Å². The van der Waals surface area contributed by atoms with Crippen LogP contribution in [0, 0.1) is 0 Å². The summed E-state index contributed by atoms with van der Waals surface area (Å²) in [6.07, 6.45) is 2.57. The van der Waals surface area contributed by atoms with Crippen LogP contribution < -0.4 is 0 Å². The van der Waals surface area contributed by atoms with Crippen LogP contribution in [0.15, 0.2) is 24.3 Å². The highest BCUT2D eigenvalue weighted by atomic mass is 35.5. The maximum absolute atomic E-state index is 10.3. The highest BCUT2D eigenvalue weighted by molar-refractivity contribution is 6.32. The van der Waals surface area contributed by atoms with Crippen LogP contribution in [0.1, 0.15) is 11.1 Å². The second kappa shape index (κ2) is 5.03. The Labute approximate surface area is 91.8 Å². The first-order chi connectivity index (χ1) is 6.63. The van der Waals surface area contributed by atoms with Crippen molar-refractivity contribution < 1.29 is 9.90 Å². The Morgan fingerprint density at radius 2 is 2.21 bits per heavy atom. The standard InChI is InChI=1S/C10H8Cl2O2/c11-6-8-5-7(1-3-9(8)12)2-4-10(13)14/h1-5H,6H2,(H,13,14). The summed E-state index contributed by atoms with van der Waals surface area (Å²) in [6.45, 7) is 0. The van der Waals surface area contributed by atoms with Gasteiger partial charge in [0.2, 0.25) is 0 Å². The van der Waals surface area contributed by atoms with Gasteiger partial charge in [0.15, 0.2) is 0 Å². The monoisotopic (exact) mass is 230 g/mol. The van der Waals surface area contributed by atoms with E-state index in [0.717, 1.165) is 17.2 Å². The number of hydrogen-bond acceptors (Lipinski definition) is 1. The molecule has 1 N–H and O–H groups in total. The molecule has 0 aliphatic heterocycles. The maximum atomic E-state index is 10.3. The van der Waals surface area contributed by atoms with E-state index in [1.54, 1.807) is 18.2 Å². The minimum Gasteiger partial charge on any atom is -0.478 e. The Balaban J connectivity index is 2.95. The molecule has 0 spiro atoms. The molecule has 0 atom stereocenters. The first-order valence-electron chi connectivity index (χ1n) is 3.89. The molecule has 74 valence electrons. The zero-order valence-corrected chi connectivity index (χ0v) is 8.72. The third-order valence-corrected chi connectivity index (χ3v) is 2.29. The van der Waals surface area contributed by atoms with E-state index in [1.165, 1.54) is 6.08 Å². The van der Waals surface area contributed by atoms with Gasteiger partial charge in [0.05, 0.1) is 0 Å². The van der Waals surface area contributed by atoms with Gasteiger partial charge in [-0.25, -0.2) is 4.79 Å². The molecule has 2 nitrogen and oxygen atoms in total. The number of hydrogen-bond donors (Lipinski definition) is 1. The zero-order chi connectivity index (χ0) is 10.6. The Morgan fingerprint density at radius 3 is 2.79 bits per heavy atom. The average Bonchev–Trinajstić information content (AvgIpc) is 2.16. The molecule has 0 bridgehead atoms. The summed E-state index contributed by atoms with van der Waals surface area (Å²) in [5.41, 5.74) is 1.56. The van der Waals surface area contributed by atoms with E-state index >= 15 is 0 Å². The van der Waals surface area contributed by atoms with Gasteiger partial charge in [-0.1, -0.05) is 17.7 Å². The van der Waals surface area contributed by atoms with E-state index in [0.29, 0.717) is 10.9 Å². The van der Waals surface area contributed by atoms with Gasteiger partial charge in [0.1, 0.15) is 0 Å². The van der Waals surface area contributed by atoms with Crippen LogP contribution in [0.2, 0.25) is 5.02 Å². The Morgan fingerprint density at radius 1 is 1.50 bits per heavy atom. The van der Waals surface area contributed by atoms with Crippen molar-refractivity contribution >= 4 is 35.2 Å². The fourth-order valence-electron chi connectivity index (χ4n) is 0.968. The molecular formula is C10H8Cl2O2. The molecule has 0 saturated carbocycles. The Hall–Kier alpha value is -0.990. The molecule has 4 heteroatoms. The molecule has 0 aromatic heterocycles. The average molecular weight is 231 g/mol. The molecule has 0 unspecified atom stereocenters. The lowest BCUT2D eigenvalue weighted by Gasteiger charge is -2.00. The number of rotatable bonds is 3. The lowest BCUT2D eigenvalue weighted by atomic mass is 10.1. The highest BCUT2D eigenvalue weighted by Gasteiger charge is 1.99. The molecule has 1 aromatic carbocycles. The topological polar surface area (TPSA) is 37.3 Å². The molecule has 0 aliphatic carbocycles. The Bertz CT molecular complexity index is 372. The number of benzene rings is 1. The highest BCUT2D eigenvalue weighted by Crippen LogP contribution is 2.20. The summed E-state index contributed by atoms with van der Waals surface area (Å²) in [5.74, 6) is -0.666. The summed E-state index contributed by atoms with van der Waals surface area (Å²) in [7, 11) is 0. The Kier molecular flexibility index (Phi) is 3.98. The summed E-state index contributed by atoms with van der Waals surface area (Å²) < 4.78 is 0. The second-order valence-electron chi connectivity index (χ2n) is 2.66. The van der Waals surface area contributed by atoms with Gasteiger partial charge in [-0.15, -0.1) is 11.6 Å². The van der Waals surface area contributed by atoms with Crippen molar-refractivity contribution in [3.8, 4) is 0 Å². The number of aliphatic carboxylic acids is 1. The number of alkyl halides is 1. The van der Waals surface area contributed by atoms with E-state index < -0.39 is 5.97 Å². The third kappa shape index (κ3) is 3.05. The van der Waals surface area contributed by atoms with Crippen molar-refractivity contribution in [2.24, 2.45) is 0 Å². The quantitative estimate of drug-likeness (QED) is 0.640. The second-order valence-corrected chi connectivity index (χ2v) is 3.33. The molecule has 0 saturated heterocycles. The molecule has 0 radical (unpaired) electrons. The minimum atomic E-state index is -0.979. The summed E-state index contributed by atoms with van der Waals surface area (Å²) in [4.78, 5) is 10.3. The van der Waals surface area contributed by atoms with Gasteiger partial charge < -0.3 is 5.11 Å². The van der Waals surface area contributed by atoms with Crippen LogP contribution in [-0.4, -0.2) is 11.1 Å². The largest absolute Gasteiger partial charge is 0.478 e. The maximum Gasteiger partial charge on any atom is 0.328 e. The molecule has 14 heavy (non-hydrogen) atoms.